The molecule has 0 bridgehead atoms. The van der Waals surface area contributed by atoms with Crippen molar-refractivity contribution in [3.05, 3.63) is 47.8 Å². The first kappa shape index (κ1) is 14.9. The van der Waals surface area contributed by atoms with Crippen molar-refractivity contribution in [1.82, 2.24) is 9.78 Å². The Kier molecular flexibility index (Phi) is 4.15. The van der Waals surface area contributed by atoms with Gasteiger partial charge in [-0.25, -0.2) is 0 Å². The lowest BCUT2D eigenvalue weighted by molar-refractivity contribution is -0.141. The zero-order valence-corrected chi connectivity index (χ0v) is 10.9. The minimum atomic E-state index is -4.44. The number of nitrogens with two attached hydrogens (primary N) is 1. The molecule has 5 nitrogen and oxygen atoms in total. The number of halogens is 3. The van der Waals surface area contributed by atoms with Crippen LogP contribution in [0.5, 0.6) is 5.75 Å². The number of ether oxygens (including phenoxy) is 1. The van der Waals surface area contributed by atoms with Gasteiger partial charge in [-0.15, -0.1) is 0 Å². The number of nitrogens with zero attached hydrogens (tertiary/aromatic N) is 2. The molecule has 112 valence electrons. The van der Waals surface area contributed by atoms with Crippen LogP contribution in [0, 0.1) is 5.41 Å². The molecule has 0 amide bonds. The van der Waals surface area contributed by atoms with Crippen molar-refractivity contribution >= 4 is 5.84 Å². The highest BCUT2D eigenvalue weighted by Crippen LogP contribution is 2.27. The Morgan fingerprint density at radius 2 is 1.90 bits per heavy atom. The minimum Gasteiger partial charge on any atom is -0.492 e. The van der Waals surface area contributed by atoms with Crippen LogP contribution >= 0.6 is 0 Å². The molecule has 0 saturated carbocycles. The number of nitrogen functional groups attached to an aromatic ring is 1. The molecule has 1 aromatic heterocycles. The molecule has 8 heteroatoms. The highest BCUT2D eigenvalue weighted by atomic mass is 19.4. The van der Waals surface area contributed by atoms with Crippen molar-refractivity contribution in [2.75, 3.05) is 6.61 Å². The zero-order chi connectivity index (χ0) is 15.5. The van der Waals surface area contributed by atoms with Crippen LogP contribution in [0.1, 0.15) is 11.3 Å². The van der Waals surface area contributed by atoms with Crippen molar-refractivity contribution in [1.29, 1.82) is 5.41 Å². The van der Waals surface area contributed by atoms with Gasteiger partial charge < -0.3 is 10.5 Å². The van der Waals surface area contributed by atoms with Gasteiger partial charge in [0, 0.05) is 11.8 Å². The number of benzene rings is 1. The number of nitrogens with one attached hydrogen (secondary N) is 1. The summed E-state index contributed by atoms with van der Waals surface area (Å²) in [5.74, 6) is 0.501. The highest BCUT2D eigenvalue weighted by molar-refractivity contribution is 5.94. The van der Waals surface area contributed by atoms with E-state index < -0.39 is 11.9 Å². The maximum atomic E-state index is 12.4. The summed E-state index contributed by atoms with van der Waals surface area (Å²) < 4.78 is 43.6. The second-order valence-electron chi connectivity index (χ2n) is 4.25. The average molecular weight is 298 g/mol. The predicted molar refractivity (Wildman–Crippen MR) is 70.2 cm³/mol. The number of alkyl halides is 3. The van der Waals surface area contributed by atoms with Crippen LogP contribution in [-0.2, 0) is 12.7 Å². The molecule has 0 unspecified atom stereocenters. The van der Waals surface area contributed by atoms with Crippen LogP contribution in [-0.4, -0.2) is 22.2 Å². The molecule has 2 aromatic rings. The largest absolute Gasteiger partial charge is 0.492 e. The first-order valence-electron chi connectivity index (χ1n) is 6.04. The topological polar surface area (TPSA) is 76.9 Å². The molecule has 1 aromatic carbocycles. The summed E-state index contributed by atoms with van der Waals surface area (Å²) in [6, 6.07) is 7.46. The molecule has 0 aliphatic rings. The van der Waals surface area contributed by atoms with E-state index in [0.717, 1.165) is 6.07 Å². The first-order chi connectivity index (χ1) is 9.86. The lowest BCUT2D eigenvalue weighted by Crippen LogP contribution is -2.12. The average Bonchev–Trinajstić information content (AvgIpc) is 2.88. The Hall–Kier alpha value is -2.51. The van der Waals surface area contributed by atoms with Crippen LogP contribution in [0.15, 0.2) is 36.5 Å². The first-order valence-corrected chi connectivity index (χ1v) is 6.04. The van der Waals surface area contributed by atoms with Crippen LogP contribution in [0.25, 0.3) is 0 Å². The van der Waals surface area contributed by atoms with Crippen molar-refractivity contribution in [2.24, 2.45) is 5.73 Å². The monoisotopic (exact) mass is 298 g/mol. The SMILES string of the molecule is N=C(N)c1ccc(OCCn2ccc(C(F)(F)F)n2)cc1. The maximum Gasteiger partial charge on any atom is 0.435 e. The molecule has 0 saturated heterocycles. The standard InChI is InChI=1S/C13H13F3N4O/c14-13(15,16)11-5-6-20(19-11)7-8-21-10-3-1-9(2-4-10)12(17)18/h1-6H,7-8H2,(H3,17,18). The summed E-state index contributed by atoms with van der Waals surface area (Å²) in [6.07, 6.45) is -3.18. The van der Waals surface area contributed by atoms with Gasteiger partial charge in [0.15, 0.2) is 5.69 Å². The third kappa shape index (κ3) is 3.98. The fraction of sp³-hybridized carbons (Fsp3) is 0.231. The van der Waals surface area contributed by atoms with E-state index in [2.05, 4.69) is 5.10 Å². The summed E-state index contributed by atoms with van der Waals surface area (Å²) in [7, 11) is 0. The quantitative estimate of drug-likeness (QED) is 0.656. The molecule has 21 heavy (non-hydrogen) atoms. The summed E-state index contributed by atoms with van der Waals surface area (Å²) >= 11 is 0. The van der Waals surface area contributed by atoms with Gasteiger partial charge in [0.05, 0.1) is 6.54 Å². The molecule has 1 heterocycles. The molecule has 2 rings (SSSR count). The molecule has 0 radical (unpaired) electrons. The molecule has 3 N–H and O–H groups in total. The van der Waals surface area contributed by atoms with Gasteiger partial charge in [-0.1, -0.05) is 0 Å². The second kappa shape index (κ2) is 5.86. The number of rotatable bonds is 5. The van der Waals surface area contributed by atoms with Crippen molar-refractivity contribution in [3.63, 3.8) is 0 Å². The minimum absolute atomic E-state index is 0.0437. The molecule has 0 atom stereocenters. The van der Waals surface area contributed by atoms with Gasteiger partial charge in [0.2, 0.25) is 0 Å². The third-order valence-corrected chi connectivity index (χ3v) is 2.69. The van der Waals surface area contributed by atoms with Crippen LogP contribution in [0.4, 0.5) is 13.2 Å². The number of hydrogen-bond donors (Lipinski definition) is 2. The maximum absolute atomic E-state index is 12.4. The van der Waals surface area contributed by atoms with Gasteiger partial charge in [-0.05, 0) is 30.3 Å². The van der Waals surface area contributed by atoms with E-state index in [1.54, 1.807) is 24.3 Å². The van der Waals surface area contributed by atoms with E-state index in [0.29, 0.717) is 11.3 Å². The van der Waals surface area contributed by atoms with Gasteiger partial charge in [-0.2, -0.15) is 18.3 Å². The van der Waals surface area contributed by atoms with Crippen LogP contribution in [0.3, 0.4) is 0 Å². The van der Waals surface area contributed by atoms with E-state index in [1.165, 1.54) is 10.9 Å². The number of hydrogen-bond acceptors (Lipinski definition) is 3. The zero-order valence-electron chi connectivity index (χ0n) is 10.9. The van der Waals surface area contributed by atoms with Crippen molar-refractivity contribution in [3.8, 4) is 5.75 Å². The van der Waals surface area contributed by atoms with Gasteiger partial charge in [0.25, 0.3) is 0 Å². The van der Waals surface area contributed by atoms with Gasteiger partial charge in [-0.3, -0.25) is 10.1 Å². The van der Waals surface area contributed by atoms with Crippen LogP contribution < -0.4 is 10.5 Å². The van der Waals surface area contributed by atoms with E-state index >= 15 is 0 Å². The Labute approximate surface area is 118 Å². The highest BCUT2D eigenvalue weighted by Gasteiger charge is 2.33. The van der Waals surface area contributed by atoms with Crippen LogP contribution in [0.2, 0.25) is 0 Å². The fourth-order valence-corrected chi connectivity index (χ4v) is 1.63. The fourth-order valence-electron chi connectivity index (χ4n) is 1.63. The van der Waals surface area contributed by atoms with E-state index in [4.69, 9.17) is 15.9 Å². The smallest absolute Gasteiger partial charge is 0.435 e. The summed E-state index contributed by atoms with van der Waals surface area (Å²) in [4.78, 5) is 0. The number of amidine groups is 1. The Bertz CT molecular complexity index is 619. The normalized spacial score (nSPS) is 11.4. The van der Waals surface area contributed by atoms with Crippen molar-refractivity contribution < 1.29 is 17.9 Å². The second-order valence-corrected chi connectivity index (χ2v) is 4.25. The molecule has 0 aliphatic carbocycles. The summed E-state index contributed by atoms with van der Waals surface area (Å²) in [5.41, 5.74) is 4.97. The van der Waals surface area contributed by atoms with E-state index in [-0.39, 0.29) is 19.0 Å². The third-order valence-electron chi connectivity index (χ3n) is 2.69. The summed E-state index contributed by atoms with van der Waals surface area (Å²) in [5, 5.41) is 10.7. The Morgan fingerprint density at radius 1 is 1.24 bits per heavy atom. The van der Waals surface area contributed by atoms with Gasteiger partial charge in [0.1, 0.15) is 18.2 Å². The lowest BCUT2D eigenvalue weighted by Gasteiger charge is -2.07. The summed E-state index contributed by atoms with van der Waals surface area (Å²) in [6.45, 7) is 0.378. The Balaban J connectivity index is 1.86. The van der Waals surface area contributed by atoms with Gasteiger partial charge >= 0.3 is 6.18 Å². The molecule has 0 fully saturated rings. The molecular formula is C13H13F3N4O. The molecule has 0 aliphatic heterocycles. The molecular weight excluding hydrogens is 285 g/mol. The lowest BCUT2D eigenvalue weighted by atomic mass is 10.2. The molecule has 0 spiro atoms. The van der Waals surface area contributed by atoms with Crippen molar-refractivity contribution in [2.45, 2.75) is 12.7 Å². The van der Waals surface area contributed by atoms with E-state index in [1.807, 2.05) is 0 Å². The number of aromatic nitrogens is 2. The van der Waals surface area contributed by atoms with E-state index in [9.17, 15) is 13.2 Å². The predicted octanol–water partition coefficient (Wildman–Crippen LogP) is 2.26. The Morgan fingerprint density at radius 3 is 2.43 bits per heavy atom.